The number of benzene rings is 1. The van der Waals surface area contributed by atoms with E-state index in [1.807, 2.05) is 23.6 Å². The van der Waals surface area contributed by atoms with E-state index < -0.39 is 0 Å². The number of hydrogen-bond donors (Lipinski definition) is 0. The highest BCUT2D eigenvalue weighted by Crippen LogP contribution is 2.22. The Balaban J connectivity index is 1.73. The summed E-state index contributed by atoms with van der Waals surface area (Å²) in [4.78, 5) is 23.1. The van der Waals surface area contributed by atoms with Gasteiger partial charge in [0.15, 0.2) is 0 Å². The molecule has 0 aliphatic rings. The highest BCUT2D eigenvalue weighted by Gasteiger charge is 2.17. The molecular formula is C20H17BrFN3OS. The van der Waals surface area contributed by atoms with E-state index >= 15 is 0 Å². The number of carbonyl (C=O) groups excluding carboxylic acids is 1. The minimum atomic E-state index is -0.342. The first-order chi connectivity index (χ1) is 13.1. The minimum absolute atomic E-state index is 0.132. The van der Waals surface area contributed by atoms with Gasteiger partial charge >= 0.3 is 0 Å². The number of halogens is 2. The Bertz CT molecular complexity index is 945. The predicted octanol–water partition coefficient (Wildman–Crippen LogP) is 4.86. The molecule has 0 N–H and O–H groups in total. The van der Waals surface area contributed by atoms with Gasteiger partial charge in [0.25, 0.3) is 0 Å². The zero-order chi connectivity index (χ0) is 19.2. The Labute approximate surface area is 169 Å². The summed E-state index contributed by atoms with van der Waals surface area (Å²) in [7, 11) is 0. The predicted molar refractivity (Wildman–Crippen MR) is 109 cm³/mol. The van der Waals surface area contributed by atoms with Crippen LogP contribution >= 0.6 is 27.3 Å². The molecule has 3 aromatic rings. The number of carbonyl (C=O) groups is 1. The van der Waals surface area contributed by atoms with E-state index in [9.17, 15) is 9.18 Å². The monoisotopic (exact) mass is 445 g/mol. The van der Waals surface area contributed by atoms with Gasteiger partial charge in [-0.05, 0) is 30.3 Å². The molecule has 1 amide bonds. The van der Waals surface area contributed by atoms with Crippen molar-refractivity contribution in [3.05, 3.63) is 82.2 Å². The number of thiazole rings is 1. The minimum Gasteiger partial charge on any atom is -0.334 e. The lowest BCUT2D eigenvalue weighted by Gasteiger charge is -2.21. The molecule has 0 saturated carbocycles. The lowest BCUT2D eigenvalue weighted by molar-refractivity contribution is -0.130. The fraction of sp³-hybridized carbons (Fsp3) is 0.150. The summed E-state index contributed by atoms with van der Waals surface area (Å²) in [5.41, 5.74) is 1.90. The van der Waals surface area contributed by atoms with Crippen molar-refractivity contribution in [2.24, 2.45) is 0 Å². The van der Waals surface area contributed by atoms with Crippen molar-refractivity contribution in [1.29, 1.82) is 0 Å². The second-order valence-electron chi connectivity index (χ2n) is 5.83. The van der Waals surface area contributed by atoms with Crippen molar-refractivity contribution >= 4 is 33.2 Å². The molecule has 2 heterocycles. The number of nitrogens with zero attached hydrogens (tertiary/aromatic N) is 3. The Morgan fingerprint density at radius 1 is 1.33 bits per heavy atom. The third-order valence-electron chi connectivity index (χ3n) is 3.84. The number of hydrogen-bond acceptors (Lipinski definition) is 4. The summed E-state index contributed by atoms with van der Waals surface area (Å²) in [5, 5.41) is 2.62. The van der Waals surface area contributed by atoms with Crippen molar-refractivity contribution in [2.45, 2.75) is 13.0 Å². The van der Waals surface area contributed by atoms with E-state index in [0.29, 0.717) is 17.8 Å². The number of aromatic nitrogens is 2. The fourth-order valence-corrected chi connectivity index (χ4v) is 3.75. The van der Waals surface area contributed by atoms with Gasteiger partial charge in [-0.15, -0.1) is 17.9 Å². The van der Waals surface area contributed by atoms with Gasteiger partial charge in [-0.3, -0.25) is 9.78 Å². The molecule has 3 rings (SSSR count). The molecule has 0 aliphatic carbocycles. The first-order valence-corrected chi connectivity index (χ1v) is 9.92. The Kier molecular flexibility index (Phi) is 6.47. The first-order valence-electron chi connectivity index (χ1n) is 8.25. The normalized spacial score (nSPS) is 10.6. The quantitative estimate of drug-likeness (QED) is 0.487. The van der Waals surface area contributed by atoms with Crippen molar-refractivity contribution in [1.82, 2.24) is 14.9 Å². The van der Waals surface area contributed by atoms with Gasteiger partial charge in [-0.2, -0.15) is 0 Å². The summed E-state index contributed by atoms with van der Waals surface area (Å²) in [5.74, 6) is -0.474. The number of amides is 1. The van der Waals surface area contributed by atoms with Crippen molar-refractivity contribution in [3.63, 3.8) is 0 Å². The molecule has 0 radical (unpaired) electrons. The summed E-state index contributed by atoms with van der Waals surface area (Å²) < 4.78 is 14.8. The maximum absolute atomic E-state index is 14.0. The number of rotatable bonds is 7. The van der Waals surface area contributed by atoms with Crippen LogP contribution in [-0.4, -0.2) is 27.3 Å². The van der Waals surface area contributed by atoms with Gasteiger partial charge in [-0.1, -0.05) is 28.1 Å². The van der Waals surface area contributed by atoms with Crippen molar-refractivity contribution in [2.75, 3.05) is 6.54 Å². The molecule has 0 fully saturated rings. The Morgan fingerprint density at radius 3 is 2.93 bits per heavy atom. The maximum Gasteiger partial charge on any atom is 0.229 e. The van der Waals surface area contributed by atoms with Gasteiger partial charge < -0.3 is 4.90 Å². The van der Waals surface area contributed by atoms with Gasteiger partial charge in [0.1, 0.15) is 10.8 Å². The summed E-state index contributed by atoms with van der Waals surface area (Å²) in [6.07, 6.45) is 3.49. The average Bonchev–Trinajstić information content (AvgIpc) is 3.13. The van der Waals surface area contributed by atoms with Crippen molar-refractivity contribution < 1.29 is 9.18 Å². The van der Waals surface area contributed by atoms with Crippen LogP contribution in [0.5, 0.6) is 0 Å². The average molecular weight is 446 g/mol. The molecule has 0 unspecified atom stereocenters. The SMILES string of the molecule is C=CCN(Cc1cc(Br)ccc1F)C(=O)Cc1csc(-c2ccccn2)n1. The van der Waals surface area contributed by atoms with Crippen LogP contribution in [0.1, 0.15) is 11.3 Å². The van der Waals surface area contributed by atoms with Crippen molar-refractivity contribution in [3.8, 4) is 10.7 Å². The van der Waals surface area contributed by atoms with Crippen LogP contribution in [0.2, 0.25) is 0 Å². The van der Waals surface area contributed by atoms with Gasteiger partial charge in [0.05, 0.1) is 17.8 Å². The molecule has 4 nitrogen and oxygen atoms in total. The van der Waals surface area contributed by atoms with Crippen LogP contribution < -0.4 is 0 Å². The second kappa shape index (κ2) is 9.01. The molecule has 1 aromatic carbocycles. The van der Waals surface area contributed by atoms with Crippen LogP contribution in [0.25, 0.3) is 10.7 Å². The summed E-state index contributed by atoms with van der Waals surface area (Å²) in [6, 6.07) is 10.3. The molecule has 0 bridgehead atoms. The van der Waals surface area contributed by atoms with Gasteiger partial charge in [-0.25, -0.2) is 9.37 Å². The lowest BCUT2D eigenvalue weighted by Crippen LogP contribution is -2.32. The van der Waals surface area contributed by atoms with Gasteiger partial charge in [0, 0.05) is 34.7 Å². The van der Waals surface area contributed by atoms with E-state index in [2.05, 4.69) is 32.5 Å². The van der Waals surface area contributed by atoms with Gasteiger partial charge in [0.2, 0.25) is 5.91 Å². The third-order valence-corrected chi connectivity index (χ3v) is 5.25. The molecule has 138 valence electrons. The van der Waals surface area contributed by atoms with Crippen LogP contribution in [0.3, 0.4) is 0 Å². The zero-order valence-corrected chi connectivity index (χ0v) is 16.8. The van der Waals surface area contributed by atoms with E-state index in [0.717, 1.165) is 15.2 Å². The Hall–Kier alpha value is -2.38. The fourth-order valence-electron chi connectivity index (χ4n) is 2.54. The molecule has 27 heavy (non-hydrogen) atoms. The molecular weight excluding hydrogens is 429 g/mol. The molecule has 2 aromatic heterocycles. The molecule has 0 aliphatic heterocycles. The standard InChI is InChI=1S/C20H17BrFN3OS/c1-2-9-25(12-14-10-15(21)6-7-17(14)22)19(26)11-16-13-27-20(24-16)18-5-3-4-8-23-18/h2-8,10,13H,1,9,11-12H2. The van der Waals surface area contributed by atoms with Crippen LogP contribution in [0, 0.1) is 5.82 Å². The molecule has 7 heteroatoms. The highest BCUT2D eigenvalue weighted by molar-refractivity contribution is 9.10. The van der Waals surface area contributed by atoms with Crippen LogP contribution in [0.4, 0.5) is 4.39 Å². The Morgan fingerprint density at radius 2 is 2.19 bits per heavy atom. The van der Waals surface area contributed by atoms with Crippen LogP contribution in [-0.2, 0) is 17.8 Å². The number of pyridine rings is 1. The van der Waals surface area contributed by atoms with E-state index in [-0.39, 0.29) is 24.7 Å². The molecule has 0 spiro atoms. The van der Waals surface area contributed by atoms with E-state index in [1.54, 1.807) is 29.3 Å². The third kappa shape index (κ3) is 5.08. The second-order valence-corrected chi connectivity index (χ2v) is 7.61. The molecule has 0 saturated heterocycles. The lowest BCUT2D eigenvalue weighted by atomic mass is 10.2. The largest absolute Gasteiger partial charge is 0.334 e. The maximum atomic E-state index is 14.0. The van der Waals surface area contributed by atoms with E-state index in [4.69, 9.17) is 0 Å². The summed E-state index contributed by atoms with van der Waals surface area (Å²) >= 11 is 4.78. The van der Waals surface area contributed by atoms with E-state index in [1.165, 1.54) is 17.4 Å². The topological polar surface area (TPSA) is 46.1 Å². The first kappa shape index (κ1) is 19.4. The molecule has 0 atom stereocenters. The summed E-state index contributed by atoms with van der Waals surface area (Å²) in [6.45, 7) is 4.21. The highest BCUT2D eigenvalue weighted by atomic mass is 79.9. The smallest absolute Gasteiger partial charge is 0.229 e. The zero-order valence-electron chi connectivity index (χ0n) is 14.4. The van der Waals surface area contributed by atoms with Crippen LogP contribution in [0.15, 0.2) is 65.1 Å².